The smallest absolute Gasteiger partial charge is 0.162 e. The molecule has 88 valence electrons. The van der Waals surface area contributed by atoms with Gasteiger partial charge < -0.3 is 5.11 Å². The number of benzene rings is 1. The minimum atomic E-state index is -0.326. The third-order valence-corrected chi connectivity index (χ3v) is 2.69. The Morgan fingerprint density at radius 3 is 2.56 bits per heavy atom. The summed E-state index contributed by atoms with van der Waals surface area (Å²) in [5.74, 6) is 0.121. The molecule has 1 rings (SSSR count). The van der Waals surface area contributed by atoms with Gasteiger partial charge in [-0.25, -0.2) is 0 Å². The molecule has 2 heteroatoms. The molecule has 0 heterocycles. The fraction of sp³-hybridized carbons (Fsp3) is 0.500. The monoisotopic (exact) mass is 220 g/mol. The summed E-state index contributed by atoms with van der Waals surface area (Å²) in [6, 6.07) is 9.26. The SMILES string of the molecule is CCCCC(O)CCC(=O)c1ccccc1. The molecular weight excluding hydrogens is 200 g/mol. The van der Waals surface area contributed by atoms with Gasteiger partial charge >= 0.3 is 0 Å². The van der Waals surface area contributed by atoms with Gasteiger partial charge in [0, 0.05) is 12.0 Å². The Morgan fingerprint density at radius 2 is 1.94 bits per heavy atom. The molecule has 0 aromatic heterocycles. The number of carbonyl (C=O) groups excluding carboxylic acids is 1. The van der Waals surface area contributed by atoms with E-state index in [1.807, 2.05) is 30.3 Å². The normalized spacial score (nSPS) is 12.4. The van der Waals surface area contributed by atoms with Crippen LogP contribution in [-0.4, -0.2) is 17.0 Å². The lowest BCUT2D eigenvalue weighted by Crippen LogP contribution is -2.09. The first kappa shape index (κ1) is 12.9. The summed E-state index contributed by atoms with van der Waals surface area (Å²) in [4.78, 5) is 11.7. The number of aliphatic hydroxyl groups excluding tert-OH is 1. The van der Waals surface area contributed by atoms with Gasteiger partial charge in [0.2, 0.25) is 0 Å². The molecule has 0 amide bonds. The summed E-state index contributed by atoms with van der Waals surface area (Å²) in [5.41, 5.74) is 0.741. The number of aliphatic hydroxyl groups is 1. The number of ketones is 1. The van der Waals surface area contributed by atoms with Crippen molar-refractivity contribution in [2.24, 2.45) is 0 Å². The molecule has 0 aliphatic carbocycles. The van der Waals surface area contributed by atoms with Crippen molar-refractivity contribution in [3.05, 3.63) is 35.9 Å². The number of hydrogen-bond donors (Lipinski definition) is 1. The summed E-state index contributed by atoms with van der Waals surface area (Å²) in [5, 5.41) is 9.62. The van der Waals surface area contributed by atoms with E-state index in [4.69, 9.17) is 0 Å². The van der Waals surface area contributed by atoms with Crippen LogP contribution in [0.4, 0.5) is 0 Å². The average molecular weight is 220 g/mol. The highest BCUT2D eigenvalue weighted by atomic mass is 16.3. The van der Waals surface area contributed by atoms with Crippen LogP contribution < -0.4 is 0 Å². The van der Waals surface area contributed by atoms with E-state index in [0.717, 1.165) is 24.8 Å². The molecule has 0 fully saturated rings. The molecule has 0 spiro atoms. The lowest BCUT2D eigenvalue weighted by molar-refractivity contribution is 0.0931. The summed E-state index contributed by atoms with van der Waals surface area (Å²) in [6.07, 6.45) is 3.61. The molecule has 0 aliphatic rings. The van der Waals surface area contributed by atoms with Crippen LogP contribution in [0.1, 0.15) is 49.4 Å². The molecule has 2 nitrogen and oxygen atoms in total. The predicted octanol–water partition coefficient (Wildman–Crippen LogP) is 3.20. The Kier molecular flexibility index (Phi) is 5.79. The van der Waals surface area contributed by atoms with Crippen LogP contribution in [0.3, 0.4) is 0 Å². The summed E-state index contributed by atoms with van der Waals surface area (Å²) in [6.45, 7) is 2.10. The molecule has 1 unspecified atom stereocenters. The Morgan fingerprint density at radius 1 is 1.25 bits per heavy atom. The van der Waals surface area contributed by atoms with Crippen LogP contribution in [0.15, 0.2) is 30.3 Å². The number of unbranched alkanes of at least 4 members (excludes halogenated alkanes) is 1. The molecule has 16 heavy (non-hydrogen) atoms. The Balaban J connectivity index is 2.30. The van der Waals surface area contributed by atoms with Crippen molar-refractivity contribution in [2.45, 2.75) is 45.1 Å². The first-order valence-electron chi connectivity index (χ1n) is 6.00. The van der Waals surface area contributed by atoms with Crippen molar-refractivity contribution in [3.63, 3.8) is 0 Å². The third-order valence-electron chi connectivity index (χ3n) is 2.69. The lowest BCUT2D eigenvalue weighted by Gasteiger charge is -2.08. The van der Waals surface area contributed by atoms with Crippen molar-refractivity contribution in [3.8, 4) is 0 Å². The second-order valence-corrected chi connectivity index (χ2v) is 4.12. The van der Waals surface area contributed by atoms with Crippen LogP contribution in [0.25, 0.3) is 0 Å². The van der Waals surface area contributed by atoms with E-state index in [-0.39, 0.29) is 11.9 Å². The van der Waals surface area contributed by atoms with Crippen molar-refractivity contribution < 1.29 is 9.90 Å². The minimum Gasteiger partial charge on any atom is -0.393 e. The maximum Gasteiger partial charge on any atom is 0.162 e. The van der Waals surface area contributed by atoms with Crippen molar-refractivity contribution in [2.75, 3.05) is 0 Å². The second-order valence-electron chi connectivity index (χ2n) is 4.12. The zero-order valence-corrected chi connectivity index (χ0v) is 9.86. The number of carbonyl (C=O) groups is 1. The molecule has 0 aliphatic heterocycles. The number of hydrogen-bond acceptors (Lipinski definition) is 2. The van der Waals surface area contributed by atoms with Crippen LogP contribution in [0.2, 0.25) is 0 Å². The highest BCUT2D eigenvalue weighted by Gasteiger charge is 2.09. The number of Topliss-reactive ketones (excluding diaryl/α,β-unsaturated/α-hetero) is 1. The van der Waals surface area contributed by atoms with Gasteiger partial charge in [-0.15, -0.1) is 0 Å². The van der Waals surface area contributed by atoms with E-state index in [2.05, 4.69) is 6.92 Å². The van der Waals surface area contributed by atoms with Crippen LogP contribution in [0, 0.1) is 0 Å². The summed E-state index contributed by atoms with van der Waals surface area (Å²) in [7, 11) is 0. The van der Waals surface area contributed by atoms with E-state index in [0.29, 0.717) is 12.8 Å². The maximum absolute atomic E-state index is 11.7. The van der Waals surface area contributed by atoms with Crippen LogP contribution >= 0.6 is 0 Å². The average Bonchev–Trinajstić information content (AvgIpc) is 2.34. The van der Waals surface area contributed by atoms with Gasteiger partial charge in [-0.2, -0.15) is 0 Å². The van der Waals surface area contributed by atoms with Gasteiger partial charge in [0.05, 0.1) is 6.10 Å². The van der Waals surface area contributed by atoms with E-state index < -0.39 is 0 Å². The first-order valence-corrected chi connectivity index (χ1v) is 6.00. The first-order chi connectivity index (χ1) is 7.74. The molecule has 1 N–H and O–H groups in total. The van der Waals surface area contributed by atoms with E-state index in [1.54, 1.807) is 0 Å². The van der Waals surface area contributed by atoms with Crippen molar-refractivity contribution in [1.82, 2.24) is 0 Å². The predicted molar refractivity (Wildman–Crippen MR) is 65.5 cm³/mol. The van der Waals surface area contributed by atoms with Gasteiger partial charge in [0.25, 0.3) is 0 Å². The Hall–Kier alpha value is -1.15. The molecule has 0 bridgehead atoms. The lowest BCUT2D eigenvalue weighted by atomic mass is 10.0. The molecule has 0 saturated carbocycles. The van der Waals surface area contributed by atoms with Gasteiger partial charge in [-0.3, -0.25) is 4.79 Å². The molecule has 0 radical (unpaired) electrons. The van der Waals surface area contributed by atoms with Crippen molar-refractivity contribution >= 4 is 5.78 Å². The second kappa shape index (κ2) is 7.18. The minimum absolute atomic E-state index is 0.121. The van der Waals surface area contributed by atoms with Gasteiger partial charge in [0.1, 0.15) is 0 Å². The molecular formula is C14H20O2. The summed E-state index contributed by atoms with van der Waals surface area (Å²) < 4.78 is 0. The van der Waals surface area contributed by atoms with Gasteiger partial charge in [-0.05, 0) is 12.8 Å². The Bertz CT molecular complexity index is 306. The standard InChI is InChI=1S/C14H20O2/c1-2-3-9-13(15)10-11-14(16)12-7-5-4-6-8-12/h4-8,13,15H,2-3,9-11H2,1H3. The third kappa shape index (κ3) is 4.58. The maximum atomic E-state index is 11.7. The number of rotatable bonds is 7. The highest BCUT2D eigenvalue weighted by molar-refractivity contribution is 5.95. The fourth-order valence-corrected chi connectivity index (χ4v) is 1.65. The van der Waals surface area contributed by atoms with Gasteiger partial charge in [0.15, 0.2) is 5.78 Å². The zero-order chi connectivity index (χ0) is 11.8. The van der Waals surface area contributed by atoms with Crippen molar-refractivity contribution in [1.29, 1.82) is 0 Å². The molecule has 1 aromatic carbocycles. The van der Waals surface area contributed by atoms with Crippen LogP contribution in [0.5, 0.6) is 0 Å². The Labute approximate surface area is 97.3 Å². The molecule has 0 saturated heterocycles. The summed E-state index contributed by atoms with van der Waals surface area (Å²) >= 11 is 0. The largest absolute Gasteiger partial charge is 0.393 e. The van der Waals surface area contributed by atoms with Crippen LogP contribution in [-0.2, 0) is 0 Å². The van der Waals surface area contributed by atoms with Gasteiger partial charge in [-0.1, -0.05) is 50.1 Å². The highest BCUT2D eigenvalue weighted by Crippen LogP contribution is 2.10. The van der Waals surface area contributed by atoms with E-state index in [1.165, 1.54) is 0 Å². The zero-order valence-electron chi connectivity index (χ0n) is 9.86. The topological polar surface area (TPSA) is 37.3 Å². The van der Waals surface area contributed by atoms with E-state index >= 15 is 0 Å². The molecule has 1 aromatic rings. The fourth-order valence-electron chi connectivity index (χ4n) is 1.65. The molecule has 1 atom stereocenters. The quantitative estimate of drug-likeness (QED) is 0.716. The van der Waals surface area contributed by atoms with E-state index in [9.17, 15) is 9.90 Å².